The summed E-state index contributed by atoms with van der Waals surface area (Å²) in [6, 6.07) is 13.9. The molecule has 3 rings (SSSR count). The van der Waals surface area contributed by atoms with Crippen LogP contribution in [0.5, 0.6) is 5.75 Å². The summed E-state index contributed by atoms with van der Waals surface area (Å²) in [6.45, 7) is 14.6. The van der Waals surface area contributed by atoms with Crippen LogP contribution in [-0.2, 0) is 28.7 Å². The van der Waals surface area contributed by atoms with E-state index < -0.39 is 8.32 Å². The predicted molar refractivity (Wildman–Crippen MR) is 171 cm³/mol. The minimum atomic E-state index is -2.08. The van der Waals surface area contributed by atoms with E-state index >= 15 is 0 Å². The number of aromatic hydroxyl groups is 1. The Morgan fingerprint density at radius 3 is 2.39 bits per heavy atom. The molecule has 0 bridgehead atoms. The summed E-state index contributed by atoms with van der Waals surface area (Å²) in [5.41, 5.74) is 3.71. The Morgan fingerprint density at radius 1 is 1.05 bits per heavy atom. The molecule has 2 atom stereocenters. The van der Waals surface area contributed by atoms with E-state index in [0.717, 1.165) is 24.1 Å². The van der Waals surface area contributed by atoms with E-state index in [1.54, 1.807) is 6.07 Å². The molecule has 0 aromatic heterocycles. The summed E-state index contributed by atoms with van der Waals surface area (Å²) in [5, 5.41) is 26.7. The molecule has 0 saturated heterocycles. The maximum atomic E-state index is 12.7. The van der Waals surface area contributed by atoms with Crippen molar-refractivity contribution in [2.45, 2.75) is 116 Å². The standard InChI is InChI=1S/C34H54N2O4Si/c1-25(18-27-14-11-15-28(19-27)20-33(39)36-22-26-12-9-7-8-10-13-26)35-23-32(40-41(5,6)34(2,3)4)29-16-17-31(38)30(21-29)24-37/h11,14-17,19,21,25-26,32,35,37-38H,7-10,12-13,18,20,22-24H2,1-6H3,(H,36,39)/t25-,32-/m1/s1. The van der Waals surface area contributed by atoms with Crippen LogP contribution < -0.4 is 10.6 Å². The first-order chi connectivity index (χ1) is 19.4. The largest absolute Gasteiger partial charge is 0.508 e. The second-order valence-electron chi connectivity index (χ2n) is 13.6. The molecule has 7 heteroatoms. The van der Waals surface area contributed by atoms with Gasteiger partial charge in [0.25, 0.3) is 0 Å². The number of benzene rings is 2. The number of phenols is 1. The van der Waals surface area contributed by atoms with Crippen LogP contribution in [0.2, 0.25) is 18.1 Å². The van der Waals surface area contributed by atoms with Crippen molar-refractivity contribution in [2.75, 3.05) is 13.1 Å². The lowest BCUT2D eigenvalue weighted by Gasteiger charge is -2.40. The fourth-order valence-corrected chi connectivity index (χ4v) is 6.65. The molecule has 4 N–H and O–H groups in total. The highest BCUT2D eigenvalue weighted by Gasteiger charge is 2.39. The predicted octanol–water partition coefficient (Wildman–Crippen LogP) is 6.80. The van der Waals surface area contributed by atoms with E-state index in [0.29, 0.717) is 24.4 Å². The summed E-state index contributed by atoms with van der Waals surface area (Å²) in [6.07, 6.45) is 8.75. The van der Waals surface area contributed by atoms with Crippen LogP contribution in [0, 0.1) is 5.92 Å². The molecule has 1 aliphatic carbocycles. The van der Waals surface area contributed by atoms with E-state index in [1.807, 2.05) is 24.3 Å². The van der Waals surface area contributed by atoms with Crippen molar-refractivity contribution in [2.24, 2.45) is 5.92 Å². The molecule has 0 heterocycles. The van der Waals surface area contributed by atoms with Gasteiger partial charge in [0.05, 0.1) is 19.1 Å². The van der Waals surface area contributed by atoms with Gasteiger partial charge in [-0.05, 0) is 79.1 Å². The lowest BCUT2D eigenvalue weighted by atomic mass is 10.00. The summed E-state index contributed by atoms with van der Waals surface area (Å²) in [7, 11) is -2.08. The molecule has 0 spiro atoms. The van der Waals surface area contributed by atoms with Gasteiger partial charge in [0.15, 0.2) is 8.32 Å². The van der Waals surface area contributed by atoms with E-state index in [2.05, 4.69) is 63.6 Å². The van der Waals surface area contributed by atoms with Crippen LogP contribution in [0.3, 0.4) is 0 Å². The van der Waals surface area contributed by atoms with Crippen LogP contribution in [0.1, 0.15) is 94.6 Å². The third kappa shape index (κ3) is 10.5. The minimum Gasteiger partial charge on any atom is -0.508 e. The molecule has 1 amide bonds. The van der Waals surface area contributed by atoms with Gasteiger partial charge in [0.2, 0.25) is 5.91 Å². The van der Waals surface area contributed by atoms with Crippen molar-refractivity contribution in [3.63, 3.8) is 0 Å². The molecular formula is C34H54N2O4Si. The highest BCUT2D eigenvalue weighted by molar-refractivity contribution is 6.74. The zero-order chi connectivity index (χ0) is 30.0. The van der Waals surface area contributed by atoms with Crippen molar-refractivity contribution < 1.29 is 19.4 Å². The van der Waals surface area contributed by atoms with Gasteiger partial charge in [0.1, 0.15) is 5.75 Å². The van der Waals surface area contributed by atoms with E-state index in [-0.39, 0.29) is 35.4 Å². The monoisotopic (exact) mass is 582 g/mol. The molecule has 2 aromatic carbocycles. The van der Waals surface area contributed by atoms with Crippen molar-refractivity contribution in [3.05, 3.63) is 64.7 Å². The van der Waals surface area contributed by atoms with E-state index in [9.17, 15) is 15.0 Å². The second kappa shape index (κ2) is 15.3. The molecule has 0 radical (unpaired) electrons. The summed E-state index contributed by atoms with van der Waals surface area (Å²) >= 11 is 0. The number of carbonyl (C=O) groups excluding carboxylic acids is 1. The van der Waals surface area contributed by atoms with Crippen molar-refractivity contribution in [3.8, 4) is 5.75 Å². The lowest BCUT2D eigenvalue weighted by Crippen LogP contribution is -2.44. The first-order valence-electron chi connectivity index (χ1n) is 15.6. The van der Waals surface area contributed by atoms with E-state index in [1.165, 1.54) is 44.1 Å². The van der Waals surface area contributed by atoms with Crippen LogP contribution in [0.4, 0.5) is 0 Å². The maximum Gasteiger partial charge on any atom is 0.224 e. The van der Waals surface area contributed by atoms with Gasteiger partial charge >= 0.3 is 0 Å². The number of aliphatic hydroxyl groups excluding tert-OH is 1. The fourth-order valence-electron chi connectivity index (χ4n) is 5.37. The van der Waals surface area contributed by atoms with Crippen molar-refractivity contribution in [1.82, 2.24) is 10.6 Å². The zero-order valence-electron chi connectivity index (χ0n) is 26.3. The van der Waals surface area contributed by atoms with Gasteiger partial charge < -0.3 is 25.3 Å². The summed E-state index contributed by atoms with van der Waals surface area (Å²) in [5.74, 6) is 0.835. The molecule has 0 unspecified atom stereocenters. The summed E-state index contributed by atoms with van der Waals surface area (Å²) in [4.78, 5) is 12.7. The highest BCUT2D eigenvalue weighted by atomic mass is 28.4. The number of hydrogen-bond acceptors (Lipinski definition) is 5. The Balaban J connectivity index is 1.59. The van der Waals surface area contributed by atoms with Crippen LogP contribution >= 0.6 is 0 Å². The number of nitrogens with one attached hydrogen (secondary N) is 2. The molecule has 2 aromatic rings. The Labute approximate surface area is 249 Å². The molecule has 1 saturated carbocycles. The van der Waals surface area contributed by atoms with Crippen LogP contribution in [0.15, 0.2) is 42.5 Å². The Morgan fingerprint density at radius 2 is 1.73 bits per heavy atom. The summed E-state index contributed by atoms with van der Waals surface area (Å²) < 4.78 is 6.83. The van der Waals surface area contributed by atoms with Gasteiger partial charge in [-0.25, -0.2) is 0 Å². The second-order valence-corrected chi connectivity index (χ2v) is 18.3. The Kier molecular flexibility index (Phi) is 12.5. The van der Waals surface area contributed by atoms with Gasteiger partial charge in [-0.15, -0.1) is 0 Å². The zero-order valence-corrected chi connectivity index (χ0v) is 27.3. The molecule has 6 nitrogen and oxygen atoms in total. The third-order valence-electron chi connectivity index (χ3n) is 9.00. The first kappa shape index (κ1) is 33.3. The average Bonchev–Trinajstić information content (AvgIpc) is 3.19. The molecule has 41 heavy (non-hydrogen) atoms. The number of aliphatic hydroxyl groups is 1. The van der Waals surface area contributed by atoms with Crippen molar-refractivity contribution >= 4 is 14.2 Å². The van der Waals surface area contributed by atoms with Crippen LogP contribution in [0.25, 0.3) is 0 Å². The number of hydrogen-bond donors (Lipinski definition) is 4. The van der Waals surface area contributed by atoms with E-state index in [4.69, 9.17) is 4.43 Å². The van der Waals surface area contributed by atoms with Gasteiger partial charge in [0, 0.05) is 24.7 Å². The Hall–Kier alpha value is -2.19. The maximum absolute atomic E-state index is 12.7. The highest BCUT2D eigenvalue weighted by Crippen LogP contribution is 2.40. The smallest absolute Gasteiger partial charge is 0.224 e. The van der Waals surface area contributed by atoms with Gasteiger partial charge in [-0.3, -0.25) is 4.79 Å². The van der Waals surface area contributed by atoms with Crippen LogP contribution in [-0.4, -0.2) is 43.6 Å². The fraction of sp³-hybridized carbons (Fsp3) is 0.618. The topological polar surface area (TPSA) is 90.8 Å². The third-order valence-corrected chi connectivity index (χ3v) is 13.5. The first-order valence-corrected chi connectivity index (χ1v) is 18.5. The van der Waals surface area contributed by atoms with Crippen molar-refractivity contribution in [1.29, 1.82) is 0 Å². The van der Waals surface area contributed by atoms with Gasteiger partial charge in [-0.2, -0.15) is 0 Å². The lowest BCUT2D eigenvalue weighted by molar-refractivity contribution is -0.120. The molecular weight excluding hydrogens is 528 g/mol. The normalized spacial score (nSPS) is 16.7. The number of amides is 1. The Bertz CT molecular complexity index is 1110. The molecule has 1 aliphatic rings. The average molecular weight is 583 g/mol. The van der Waals surface area contributed by atoms with Gasteiger partial charge in [-0.1, -0.05) is 76.8 Å². The SMILES string of the molecule is C[C@H](Cc1cccc(CC(=O)NCC2CCCCCC2)c1)NC[C@@H](O[Si](C)(C)C(C)(C)C)c1ccc(O)c(CO)c1. The molecule has 1 fully saturated rings. The minimum absolute atomic E-state index is 0.0516. The molecule has 0 aliphatic heterocycles. The quantitative estimate of drug-likeness (QED) is 0.154. The number of carbonyl (C=O) groups is 1. The molecule has 228 valence electrons. The number of rotatable bonds is 13.